The number of nitrogens with one attached hydrogen (secondary N) is 1. The van der Waals surface area contributed by atoms with Gasteiger partial charge in [-0.25, -0.2) is 0 Å². The molecule has 0 aliphatic heterocycles. The number of ether oxygens (including phenoxy) is 2. The van der Waals surface area contributed by atoms with E-state index < -0.39 is 0 Å². The van der Waals surface area contributed by atoms with Gasteiger partial charge in [0.25, 0.3) is 0 Å². The van der Waals surface area contributed by atoms with Crippen LogP contribution in [0, 0.1) is 6.92 Å². The molecule has 2 rings (SSSR count). The Morgan fingerprint density at radius 1 is 1.12 bits per heavy atom. The van der Waals surface area contributed by atoms with E-state index in [1.807, 2.05) is 30.3 Å². The van der Waals surface area contributed by atoms with Crippen molar-refractivity contribution in [2.24, 2.45) is 0 Å². The third-order valence-electron chi connectivity index (χ3n) is 4.26. The van der Waals surface area contributed by atoms with Crippen molar-refractivity contribution in [3.63, 3.8) is 0 Å². The average Bonchev–Trinajstić information content (AvgIpc) is 2.64. The van der Waals surface area contributed by atoms with Gasteiger partial charge in [0.1, 0.15) is 6.61 Å². The number of hydrogen-bond donors (Lipinski definition) is 2. The van der Waals surface area contributed by atoms with Crippen LogP contribution in [0.5, 0.6) is 11.5 Å². The monoisotopic (exact) mass is 377 g/mol. The van der Waals surface area contributed by atoms with Gasteiger partial charge in [-0.1, -0.05) is 35.9 Å². The molecule has 26 heavy (non-hydrogen) atoms. The Bertz CT molecular complexity index is 691. The van der Waals surface area contributed by atoms with Crippen LogP contribution in [0.3, 0.4) is 0 Å². The number of halogens is 1. The quantitative estimate of drug-likeness (QED) is 0.566. The number of unbranched alkanes of at least 4 members (excludes halogenated alkanes) is 2. The second-order valence-corrected chi connectivity index (χ2v) is 6.69. The van der Waals surface area contributed by atoms with Crippen molar-refractivity contribution in [3.05, 3.63) is 58.1 Å². The van der Waals surface area contributed by atoms with Gasteiger partial charge in [0.2, 0.25) is 0 Å². The van der Waals surface area contributed by atoms with Crippen molar-refractivity contribution in [2.45, 2.75) is 39.3 Å². The molecular formula is C21H28ClNO3. The molecule has 0 amide bonds. The van der Waals surface area contributed by atoms with Crippen LogP contribution < -0.4 is 14.8 Å². The molecule has 4 nitrogen and oxygen atoms in total. The number of aliphatic hydroxyl groups is 1. The van der Waals surface area contributed by atoms with Crippen LogP contribution in [0.1, 0.15) is 36.0 Å². The molecular weight excluding hydrogens is 350 g/mol. The summed E-state index contributed by atoms with van der Waals surface area (Å²) in [5.41, 5.74) is 3.36. The molecule has 2 N–H and O–H groups in total. The Kier molecular flexibility index (Phi) is 8.75. The number of hydrogen-bond acceptors (Lipinski definition) is 4. The molecule has 0 saturated carbocycles. The van der Waals surface area contributed by atoms with E-state index in [1.165, 1.54) is 5.56 Å². The molecule has 142 valence electrons. The molecule has 0 unspecified atom stereocenters. The first-order valence-electron chi connectivity index (χ1n) is 9.01. The van der Waals surface area contributed by atoms with Crippen molar-refractivity contribution in [3.8, 4) is 11.5 Å². The minimum Gasteiger partial charge on any atom is -0.493 e. The molecule has 5 heteroatoms. The van der Waals surface area contributed by atoms with Crippen molar-refractivity contribution < 1.29 is 14.6 Å². The van der Waals surface area contributed by atoms with Gasteiger partial charge in [0.05, 0.1) is 12.1 Å². The lowest BCUT2D eigenvalue weighted by molar-refractivity contribution is 0.282. The Labute approximate surface area is 161 Å². The van der Waals surface area contributed by atoms with Gasteiger partial charge in [0, 0.05) is 13.2 Å². The molecule has 0 spiro atoms. The van der Waals surface area contributed by atoms with Crippen molar-refractivity contribution in [1.29, 1.82) is 0 Å². The van der Waals surface area contributed by atoms with Gasteiger partial charge in [-0.2, -0.15) is 0 Å². The summed E-state index contributed by atoms with van der Waals surface area (Å²) in [5, 5.41) is 12.7. The van der Waals surface area contributed by atoms with Gasteiger partial charge in [-0.3, -0.25) is 0 Å². The van der Waals surface area contributed by atoms with Crippen LogP contribution >= 0.6 is 11.6 Å². The van der Waals surface area contributed by atoms with Crippen molar-refractivity contribution in [1.82, 2.24) is 5.32 Å². The highest BCUT2D eigenvalue weighted by Crippen LogP contribution is 2.37. The SMILES string of the molecule is COc1cc(CNCCCCCO)cc(Cl)c1OCc1ccccc1C. The first-order valence-corrected chi connectivity index (χ1v) is 9.38. The second kappa shape index (κ2) is 11.1. The van der Waals surface area contributed by atoms with E-state index in [1.54, 1.807) is 7.11 Å². The molecule has 0 radical (unpaired) electrons. The maximum atomic E-state index is 8.79. The topological polar surface area (TPSA) is 50.7 Å². The van der Waals surface area contributed by atoms with Gasteiger partial charge >= 0.3 is 0 Å². The molecule has 0 aliphatic carbocycles. The summed E-state index contributed by atoms with van der Waals surface area (Å²) < 4.78 is 11.4. The molecule has 0 heterocycles. The van der Waals surface area contributed by atoms with E-state index in [0.29, 0.717) is 29.7 Å². The van der Waals surface area contributed by atoms with Crippen LogP contribution in [-0.2, 0) is 13.2 Å². The summed E-state index contributed by atoms with van der Waals surface area (Å²) in [7, 11) is 1.62. The normalized spacial score (nSPS) is 10.8. The largest absolute Gasteiger partial charge is 0.493 e. The average molecular weight is 378 g/mol. The summed E-state index contributed by atoms with van der Waals surface area (Å²) >= 11 is 6.44. The lowest BCUT2D eigenvalue weighted by Gasteiger charge is -2.15. The number of rotatable bonds is 11. The van der Waals surface area contributed by atoms with E-state index in [9.17, 15) is 0 Å². The molecule has 0 bridgehead atoms. The minimum absolute atomic E-state index is 0.261. The molecule has 0 aliphatic rings. The van der Waals surface area contributed by atoms with E-state index in [2.05, 4.69) is 18.3 Å². The standard InChI is InChI=1S/C21H28ClNO3/c1-16-8-4-5-9-18(16)15-26-21-19(22)12-17(13-20(21)25-2)14-23-10-6-3-7-11-24/h4-5,8-9,12-13,23-24H,3,6-7,10-11,14-15H2,1-2H3. The molecule has 0 fully saturated rings. The number of aryl methyl sites for hydroxylation is 1. The predicted octanol–water partition coefficient (Wildman–Crippen LogP) is 4.49. The van der Waals surface area contributed by atoms with Crippen LogP contribution in [0.25, 0.3) is 0 Å². The Morgan fingerprint density at radius 2 is 1.92 bits per heavy atom. The third-order valence-corrected chi connectivity index (χ3v) is 4.54. The molecule has 0 aromatic heterocycles. The molecule has 2 aromatic carbocycles. The minimum atomic E-state index is 0.261. The second-order valence-electron chi connectivity index (χ2n) is 6.29. The zero-order valence-corrected chi connectivity index (χ0v) is 16.3. The highest BCUT2D eigenvalue weighted by Gasteiger charge is 2.13. The lowest BCUT2D eigenvalue weighted by atomic mass is 10.1. The summed E-state index contributed by atoms with van der Waals surface area (Å²) in [5.74, 6) is 1.22. The first-order chi connectivity index (χ1) is 12.7. The van der Waals surface area contributed by atoms with Crippen LogP contribution in [0.4, 0.5) is 0 Å². The van der Waals surface area contributed by atoms with Gasteiger partial charge < -0.3 is 19.9 Å². The fourth-order valence-corrected chi connectivity index (χ4v) is 3.00. The Morgan fingerprint density at radius 3 is 2.65 bits per heavy atom. The van der Waals surface area contributed by atoms with Gasteiger partial charge in [0.15, 0.2) is 11.5 Å². The summed E-state index contributed by atoms with van der Waals surface area (Å²) in [6.07, 6.45) is 2.93. The maximum Gasteiger partial charge on any atom is 0.180 e. The van der Waals surface area contributed by atoms with Gasteiger partial charge in [-0.15, -0.1) is 0 Å². The zero-order chi connectivity index (χ0) is 18.8. The molecule has 0 saturated heterocycles. The Balaban J connectivity index is 1.96. The summed E-state index contributed by atoms with van der Waals surface area (Å²) in [6.45, 7) is 4.40. The van der Waals surface area contributed by atoms with Crippen molar-refractivity contribution >= 4 is 11.6 Å². The van der Waals surface area contributed by atoms with Crippen LogP contribution in [0.15, 0.2) is 36.4 Å². The molecule has 2 aromatic rings. The van der Waals surface area contributed by atoms with E-state index in [0.717, 1.165) is 36.9 Å². The fourth-order valence-electron chi connectivity index (χ4n) is 2.71. The van der Waals surface area contributed by atoms with E-state index >= 15 is 0 Å². The van der Waals surface area contributed by atoms with Crippen LogP contribution in [-0.4, -0.2) is 25.4 Å². The highest BCUT2D eigenvalue weighted by molar-refractivity contribution is 6.32. The first kappa shape index (κ1) is 20.6. The van der Waals surface area contributed by atoms with E-state index in [-0.39, 0.29) is 6.61 Å². The number of aliphatic hydroxyl groups excluding tert-OH is 1. The van der Waals surface area contributed by atoms with E-state index in [4.69, 9.17) is 26.2 Å². The third kappa shape index (κ3) is 6.20. The number of methoxy groups -OCH3 is 1. The Hall–Kier alpha value is -1.75. The summed E-state index contributed by atoms with van der Waals surface area (Å²) in [4.78, 5) is 0. The van der Waals surface area contributed by atoms with Gasteiger partial charge in [-0.05, 0) is 61.6 Å². The van der Waals surface area contributed by atoms with Crippen molar-refractivity contribution in [2.75, 3.05) is 20.3 Å². The lowest BCUT2D eigenvalue weighted by Crippen LogP contribution is -2.15. The number of benzene rings is 2. The fraction of sp³-hybridized carbons (Fsp3) is 0.429. The smallest absolute Gasteiger partial charge is 0.180 e. The summed E-state index contributed by atoms with van der Waals surface area (Å²) in [6, 6.07) is 12.0. The van der Waals surface area contributed by atoms with Crippen LogP contribution in [0.2, 0.25) is 5.02 Å². The highest BCUT2D eigenvalue weighted by atomic mass is 35.5. The maximum absolute atomic E-state index is 8.79. The molecule has 0 atom stereocenters. The zero-order valence-electron chi connectivity index (χ0n) is 15.6. The predicted molar refractivity (Wildman–Crippen MR) is 106 cm³/mol.